The number of carbonyl (C=O) groups is 1. The van der Waals surface area contributed by atoms with Gasteiger partial charge < -0.3 is 4.74 Å². The summed E-state index contributed by atoms with van der Waals surface area (Å²) in [4.78, 5) is 12.5. The number of aromatic nitrogens is 1. The summed E-state index contributed by atoms with van der Waals surface area (Å²) in [5.41, 5.74) is 0.691. The smallest absolute Gasteiger partial charge is 0.359 e. The summed E-state index contributed by atoms with van der Waals surface area (Å²) in [6.07, 6.45) is 1.90. The molecule has 0 atom stereocenters. The first-order chi connectivity index (χ1) is 6.24. The summed E-state index contributed by atoms with van der Waals surface area (Å²) in [7, 11) is 2.37. The number of fused-ring (bicyclic) bond motifs is 1. The van der Waals surface area contributed by atoms with E-state index >= 15 is 0 Å². The number of esters is 1. The molecule has 0 spiro atoms. The maximum absolute atomic E-state index is 11.3. The quantitative estimate of drug-likeness (QED) is 0.682. The summed E-state index contributed by atoms with van der Waals surface area (Å²) in [5.74, 6) is -0.247. The Bertz CT molecular complexity index is 460. The third-order valence-electron chi connectivity index (χ3n) is 1.79. The molecule has 0 radical (unpaired) electrons. The number of hydrogen-bond acceptors (Lipinski definition) is 3. The van der Waals surface area contributed by atoms with E-state index in [1.807, 2.05) is 22.9 Å². The summed E-state index contributed by atoms with van der Waals surface area (Å²) >= 11 is 1.64. The zero-order valence-corrected chi connectivity index (χ0v) is 8.98. The lowest BCUT2D eigenvalue weighted by atomic mass is 10.6. The molecule has 0 aromatic carbocycles. The minimum Gasteiger partial charge on any atom is -0.464 e. The van der Waals surface area contributed by atoms with Crippen LogP contribution in [0.1, 0.15) is 15.5 Å². The third kappa shape index (κ3) is 1.26. The van der Waals surface area contributed by atoms with Gasteiger partial charge in [-0.25, -0.2) is 4.79 Å². The van der Waals surface area contributed by atoms with Crippen LogP contribution in [-0.4, -0.2) is 17.5 Å². The van der Waals surface area contributed by atoms with Gasteiger partial charge >= 0.3 is 5.97 Å². The highest BCUT2D eigenvalue weighted by molar-refractivity contribution is 7.35. The molecule has 3 nitrogen and oxygen atoms in total. The van der Waals surface area contributed by atoms with E-state index in [9.17, 15) is 4.79 Å². The van der Waals surface area contributed by atoms with E-state index in [0.29, 0.717) is 5.43 Å². The van der Waals surface area contributed by atoms with E-state index in [1.165, 1.54) is 12.4 Å². The molecule has 0 aliphatic rings. The highest BCUT2D eigenvalue weighted by atomic mass is 32.1. The van der Waals surface area contributed by atoms with Gasteiger partial charge in [-0.05, 0) is 15.1 Å². The molecule has 0 fully saturated rings. The number of rotatable bonds is 1. The number of hydrogen-bond donors (Lipinski definition) is 0. The molecule has 0 aliphatic carbocycles. The van der Waals surface area contributed by atoms with Crippen LogP contribution in [0, 0.1) is 6.92 Å². The molecule has 0 aliphatic heterocycles. The largest absolute Gasteiger partial charge is 0.464 e. The molecule has 2 heterocycles. The highest BCUT2D eigenvalue weighted by Gasteiger charge is 2.14. The first-order valence-electron chi connectivity index (χ1n) is 3.74. The Morgan fingerprint density at radius 3 is 3.15 bits per heavy atom. The second-order valence-electron chi connectivity index (χ2n) is 2.59. The predicted octanol–water partition coefficient (Wildman–Crippen LogP) is 2.68. The summed E-state index contributed by atoms with van der Waals surface area (Å²) in [5, 5.41) is 3.17. The fourth-order valence-electron chi connectivity index (χ4n) is 1.20. The van der Waals surface area contributed by atoms with E-state index in [-0.39, 0.29) is 5.97 Å². The second kappa shape index (κ2) is 3.13. The lowest BCUT2D eigenvalue weighted by molar-refractivity contribution is 0.0599. The molecule has 2 aromatic rings. The number of ether oxygens (including phenoxy) is 1. The molecule has 0 saturated heterocycles. The summed E-state index contributed by atoms with van der Waals surface area (Å²) in [6, 6.07) is 0. The summed E-state index contributed by atoms with van der Waals surface area (Å²) in [6.45, 7) is 2.03. The predicted molar refractivity (Wildman–Crippen MR) is 53.9 cm³/mol. The number of aryl methyl sites for hydroxylation is 1. The van der Waals surface area contributed by atoms with Crippen molar-refractivity contribution >= 4 is 30.3 Å². The first kappa shape index (κ1) is 8.73. The molecule has 0 bridgehead atoms. The molecule has 2 rings (SSSR count). The van der Waals surface area contributed by atoms with Crippen molar-refractivity contribution in [2.45, 2.75) is 6.92 Å². The van der Waals surface area contributed by atoms with Crippen LogP contribution in [0.4, 0.5) is 0 Å². The van der Waals surface area contributed by atoms with Crippen molar-refractivity contribution in [2.75, 3.05) is 7.11 Å². The van der Waals surface area contributed by atoms with Crippen molar-refractivity contribution in [2.24, 2.45) is 0 Å². The normalized spacial score (nSPS) is 11.2. The monoisotopic (exact) mass is 213 g/mol. The van der Waals surface area contributed by atoms with Gasteiger partial charge in [-0.2, -0.15) is 0 Å². The van der Waals surface area contributed by atoms with Crippen LogP contribution in [-0.2, 0) is 4.74 Å². The zero-order chi connectivity index (χ0) is 9.42. The van der Waals surface area contributed by atoms with E-state index in [2.05, 4.69) is 0 Å². The van der Waals surface area contributed by atoms with Gasteiger partial charge in [0.2, 0.25) is 0 Å². The Morgan fingerprint density at radius 1 is 1.69 bits per heavy atom. The molecular weight excluding hydrogens is 205 g/mol. The van der Waals surface area contributed by atoms with Gasteiger partial charge in [0.25, 0.3) is 0 Å². The van der Waals surface area contributed by atoms with Gasteiger partial charge in [0.1, 0.15) is 4.83 Å². The van der Waals surface area contributed by atoms with Crippen molar-refractivity contribution in [1.82, 2.24) is 4.40 Å². The van der Waals surface area contributed by atoms with Crippen molar-refractivity contribution in [3.8, 4) is 0 Å². The van der Waals surface area contributed by atoms with Crippen molar-refractivity contribution in [1.29, 1.82) is 0 Å². The van der Waals surface area contributed by atoms with Crippen LogP contribution >= 0.6 is 19.5 Å². The maximum Gasteiger partial charge on any atom is 0.359 e. The fourth-order valence-corrected chi connectivity index (χ4v) is 3.29. The van der Waals surface area contributed by atoms with Gasteiger partial charge in [0, 0.05) is 16.9 Å². The van der Waals surface area contributed by atoms with Crippen LogP contribution in [0.5, 0.6) is 0 Å². The SMILES string of the molecule is COC(=O)c1pc(C)c2sccn12. The fraction of sp³-hybridized carbons (Fsp3) is 0.250. The number of methoxy groups -OCH3 is 1. The lowest BCUT2D eigenvalue weighted by Crippen LogP contribution is -2.01. The van der Waals surface area contributed by atoms with Crippen LogP contribution in [0.2, 0.25) is 0 Å². The zero-order valence-electron chi connectivity index (χ0n) is 7.27. The minimum atomic E-state index is -0.247. The average molecular weight is 213 g/mol. The maximum atomic E-state index is 11.3. The van der Waals surface area contributed by atoms with E-state index < -0.39 is 0 Å². The number of carbonyl (C=O) groups excluding carboxylic acids is 1. The van der Waals surface area contributed by atoms with Crippen LogP contribution < -0.4 is 0 Å². The van der Waals surface area contributed by atoms with Gasteiger partial charge in [-0.15, -0.1) is 11.3 Å². The molecule has 0 unspecified atom stereocenters. The second-order valence-corrected chi connectivity index (χ2v) is 4.80. The topological polar surface area (TPSA) is 30.7 Å². The number of nitrogens with zero attached hydrogens (tertiary/aromatic N) is 1. The standard InChI is InChI=1S/C8H8NO2PS/c1-5-7-9(3-4-13-7)6(12-5)8(10)11-2/h3-4H,1-2H3. The first-order valence-corrected chi connectivity index (χ1v) is 5.52. The van der Waals surface area contributed by atoms with Gasteiger partial charge in [-0.3, -0.25) is 4.40 Å². The minimum absolute atomic E-state index is 0.247. The lowest BCUT2D eigenvalue weighted by Gasteiger charge is -1.94. The molecule has 68 valence electrons. The number of thiazole rings is 1. The van der Waals surface area contributed by atoms with Gasteiger partial charge in [0.05, 0.1) is 7.11 Å². The molecule has 0 saturated carbocycles. The Labute approximate surface area is 81.1 Å². The van der Waals surface area contributed by atoms with Crippen molar-refractivity contribution in [3.63, 3.8) is 0 Å². The molecule has 5 heteroatoms. The summed E-state index contributed by atoms with van der Waals surface area (Å²) < 4.78 is 6.59. The van der Waals surface area contributed by atoms with Gasteiger partial charge in [0.15, 0.2) is 5.43 Å². The van der Waals surface area contributed by atoms with E-state index in [4.69, 9.17) is 4.74 Å². The Kier molecular flexibility index (Phi) is 2.10. The average Bonchev–Trinajstić information content (AvgIpc) is 2.68. The Hall–Kier alpha value is -0.860. The highest BCUT2D eigenvalue weighted by Crippen LogP contribution is 2.30. The van der Waals surface area contributed by atoms with Crippen LogP contribution in [0.3, 0.4) is 0 Å². The third-order valence-corrected chi connectivity index (χ3v) is 4.08. The molecule has 0 N–H and O–H groups in total. The van der Waals surface area contributed by atoms with Crippen molar-refractivity contribution in [3.05, 3.63) is 22.3 Å². The van der Waals surface area contributed by atoms with Crippen LogP contribution in [0.25, 0.3) is 4.83 Å². The molecular formula is C8H8NO2PS. The van der Waals surface area contributed by atoms with Gasteiger partial charge in [-0.1, -0.05) is 0 Å². The van der Waals surface area contributed by atoms with E-state index in [1.54, 1.807) is 11.3 Å². The Morgan fingerprint density at radius 2 is 2.46 bits per heavy atom. The molecule has 2 aromatic heterocycles. The van der Waals surface area contributed by atoms with E-state index in [0.717, 1.165) is 13.0 Å². The van der Waals surface area contributed by atoms with Crippen molar-refractivity contribution < 1.29 is 9.53 Å². The molecule has 0 amide bonds. The Balaban J connectivity index is 2.68. The molecule has 13 heavy (non-hydrogen) atoms. The van der Waals surface area contributed by atoms with Crippen LogP contribution in [0.15, 0.2) is 11.6 Å².